The smallest absolute Gasteiger partial charge is 0.348 e. The molecule has 1 aliphatic heterocycles. The fourth-order valence-corrected chi connectivity index (χ4v) is 3.99. The summed E-state index contributed by atoms with van der Waals surface area (Å²) < 4.78 is 16.2. The molecule has 1 atom stereocenters. The van der Waals surface area contributed by atoms with Crippen molar-refractivity contribution in [2.24, 2.45) is 0 Å². The van der Waals surface area contributed by atoms with Crippen LogP contribution in [-0.2, 0) is 9.47 Å². The number of hydrogen-bond acceptors (Lipinski definition) is 9. The molecule has 140 valence electrons. The molecular formula is C18H18N4O4S. The van der Waals surface area contributed by atoms with Crippen molar-refractivity contribution in [1.29, 1.82) is 0 Å². The van der Waals surface area contributed by atoms with Crippen LogP contribution >= 0.6 is 11.3 Å². The van der Waals surface area contributed by atoms with Gasteiger partial charge in [0.25, 0.3) is 0 Å². The third-order valence-electron chi connectivity index (χ3n) is 4.29. The lowest BCUT2D eigenvalue weighted by molar-refractivity contribution is 0.0605. The van der Waals surface area contributed by atoms with Crippen LogP contribution in [0.4, 0.5) is 11.5 Å². The van der Waals surface area contributed by atoms with E-state index in [-0.39, 0.29) is 12.1 Å². The minimum absolute atomic E-state index is 0.0142. The zero-order valence-electron chi connectivity index (χ0n) is 14.9. The van der Waals surface area contributed by atoms with E-state index >= 15 is 0 Å². The van der Waals surface area contributed by atoms with Crippen molar-refractivity contribution in [1.82, 2.24) is 15.0 Å². The second kappa shape index (κ2) is 7.45. The maximum absolute atomic E-state index is 12.0. The van der Waals surface area contributed by atoms with Gasteiger partial charge in [-0.3, -0.25) is 0 Å². The molecule has 0 amide bonds. The van der Waals surface area contributed by atoms with Crippen LogP contribution in [0.3, 0.4) is 0 Å². The highest BCUT2D eigenvalue weighted by molar-refractivity contribution is 7.20. The number of aromatic nitrogens is 3. The first-order chi connectivity index (χ1) is 13.2. The number of nitrogens with one attached hydrogen (secondary N) is 1. The highest BCUT2D eigenvalue weighted by Crippen LogP contribution is 2.36. The number of esters is 1. The van der Waals surface area contributed by atoms with Gasteiger partial charge in [0.2, 0.25) is 5.88 Å². The number of carbonyl (C=O) groups is 1. The molecule has 9 heteroatoms. The van der Waals surface area contributed by atoms with Crippen LogP contribution in [0.1, 0.15) is 21.7 Å². The summed E-state index contributed by atoms with van der Waals surface area (Å²) >= 11 is 1.28. The molecule has 4 rings (SSSR count). The van der Waals surface area contributed by atoms with Crippen LogP contribution in [0, 0.1) is 6.92 Å². The van der Waals surface area contributed by atoms with E-state index in [1.54, 1.807) is 6.20 Å². The van der Waals surface area contributed by atoms with Gasteiger partial charge in [0.1, 0.15) is 33.6 Å². The number of methoxy groups -OCH3 is 1. The highest BCUT2D eigenvalue weighted by Gasteiger charge is 2.22. The van der Waals surface area contributed by atoms with E-state index < -0.39 is 0 Å². The van der Waals surface area contributed by atoms with Crippen LogP contribution in [0.15, 0.2) is 24.7 Å². The Kier molecular flexibility index (Phi) is 4.87. The zero-order valence-corrected chi connectivity index (χ0v) is 15.7. The summed E-state index contributed by atoms with van der Waals surface area (Å²) in [4.78, 5) is 26.2. The number of rotatable bonds is 5. The maximum Gasteiger partial charge on any atom is 0.348 e. The molecule has 1 aliphatic rings. The molecule has 3 aromatic rings. The zero-order chi connectivity index (χ0) is 18.8. The van der Waals surface area contributed by atoms with Crippen LogP contribution in [-0.4, -0.2) is 47.3 Å². The van der Waals surface area contributed by atoms with Gasteiger partial charge in [-0.2, -0.15) is 0 Å². The molecule has 8 nitrogen and oxygen atoms in total. The Morgan fingerprint density at radius 1 is 1.37 bits per heavy atom. The summed E-state index contributed by atoms with van der Waals surface area (Å²) in [7, 11) is 1.36. The lowest BCUT2D eigenvalue weighted by atomic mass is 10.2. The Morgan fingerprint density at radius 3 is 3.04 bits per heavy atom. The van der Waals surface area contributed by atoms with E-state index in [0.717, 1.165) is 17.4 Å². The van der Waals surface area contributed by atoms with Crippen molar-refractivity contribution >= 4 is 39.0 Å². The van der Waals surface area contributed by atoms with Gasteiger partial charge in [0.05, 0.1) is 25.7 Å². The molecule has 1 N–H and O–H groups in total. The Bertz CT molecular complexity index is 985. The van der Waals surface area contributed by atoms with E-state index in [1.165, 1.54) is 24.8 Å². The molecule has 0 unspecified atom stereocenters. The number of pyridine rings is 1. The number of fused-ring (bicyclic) bond motifs is 1. The molecule has 0 bridgehead atoms. The first-order valence-corrected chi connectivity index (χ1v) is 9.28. The van der Waals surface area contributed by atoms with Crippen molar-refractivity contribution in [2.75, 3.05) is 25.6 Å². The second-order valence-electron chi connectivity index (χ2n) is 6.03. The van der Waals surface area contributed by atoms with Gasteiger partial charge in [-0.25, -0.2) is 19.7 Å². The van der Waals surface area contributed by atoms with E-state index in [4.69, 9.17) is 14.2 Å². The van der Waals surface area contributed by atoms with Crippen LogP contribution in [0.5, 0.6) is 5.88 Å². The monoisotopic (exact) mass is 386 g/mol. The van der Waals surface area contributed by atoms with Crippen LogP contribution in [0.2, 0.25) is 0 Å². The van der Waals surface area contributed by atoms with Crippen molar-refractivity contribution in [3.8, 4) is 5.88 Å². The van der Waals surface area contributed by atoms with Gasteiger partial charge in [-0.1, -0.05) is 0 Å². The summed E-state index contributed by atoms with van der Waals surface area (Å²) in [6.45, 7) is 3.10. The molecule has 1 fully saturated rings. The largest absolute Gasteiger partial charge is 0.470 e. The summed E-state index contributed by atoms with van der Waals surface area (Å²) in [5, 5.41) is 4.06. The minimum atomic E-state index is -0.381. The third-order valence-corrected chi connectivity index (χ3v) is 5.47. The molecule has 0 saturated carbocycles. The number of hydrogen-bond donors (Lipinski definition) is 1. The summed E-state index contributed by atoms with van der Waals surface area (Å²) in [6.07, 6.45) is 3.96. The van der Waals surface area contributed by atoms with Gasteiger partial charge in [0.15, 0.2) is 0 Å². The Balaban J connectivity index is 1.70. The fourth-order valence-electron chi connectivity index (χ4n) is 2.92. The van der Waals surface area contributed by atoms with Gasteiger partial charge < -0.3 is 19.5 Å². The topological polar surface area (TPSA) is 95.5 Å². The van der Waals surface area contributed by atoms with Gasteiger partial charge in [-0.05, 0) is 24.6 Å². The molecule has 0 spiro atoms. The van der Waals surface area contributed by atoms with Crippen LogP contribution < -0.4 is 10.1 Å². The van der Waals surface area contributed by atoms with Gasteiger partial charge in [-0.15, -0.1) is 11.3 Å². The summed E-state index contributed by atoms with van der Waals surface area (Å²) in [6, 6.07) is 3.69. The number of nitrogens with zero attached hydrogens (tertiary/aromatic N) is 3. The Labute approximate surface area is 159 Å². The van der Waals surface area contributed by atoms with Crippen molar-refractivity contribution in [3.05, 3.63) is 35.1 Å². The molecular weight excluding hydrogens is 368 g/mol. The normalized spacial score (nSPS) is 16.4. The maximum atomic E-state index is 12.0. The SMILES string of the molecule is COC(=O)c1sc2ncnc(Nc3cccnc3O[C@H]3CCOC3)c2c1C. The summed E-state index contributed by atoms with van der Waals surface area (Å²) in [5.74, 6) is 0.693. The van der Waals surface area contributed by atoms with Gasteiger partial charge in [0, 0.05) is 12.6 Å². The first kappa shape index (κ1) is 17.6. The first-order valence-electron chi connectivity index (χ1n) is 8.46. The minimum Gasteiger partial charge on any atom is -0.470 e. The Hall–Kier alpha value is -2.78. The molecule has 0 aliphatic carbocycles. The number of aryl methyl sites for hydroxylation is 1. The average Bonchev–Trinajstić information content (AvgIpc) is 3.31. The highest BCUT2D eigenvalue weighted by atomic mass is 32.1. The van der Waals surface area contributed by atoms with Crippen molar-refractivity contribution < 1.29 is 19.0 Å². The predicted molar refractivity (Wildman–Crippen MR) is 101 cm³/mol. The lowest BCUT2D eigenvalue weighted by Crippen LogP contribution is -2.17. The molecule has 3 aromatic heterocycles. The third kappa shape index (κ3) is 3.43. The molecule has 27 heavy (non-hydrogen) atoms. The molecule has 0 radical (unpaired) electrons. The Morgan fingerprint density at radius 2 is 2.26 bits per heavy atom. The molecule has 0 aromatic carbocycles. The van der Waals surface area contributed by atoms with E-state index in [0.29, 0.717) is 40.3 Å². The standard InChI is InChI=1S/C18H18N4O4S/c1-10-13-15(20-9-21-17(13)27-14(10)18(23)24-2)22-12-4-3-6-19-16(12)26-11-5-7-25-8-11/h3-4,6,9,11H,5,7-8H2,1-2H3,(H,20,21,22)/t11-/m0/s1. The number of thiophene rings is 1. The van der Waals surface area contributed by atoms with Crippen LogP contribution in [0.25, 0.3) is 10.2 Å². The summed E-state index contributed by atoms with van der Waals surface area (Å²) in [5.41, 5.74) is 1.47. The predicted octanol–water partition coefficient (Wildman–Crippen LogP) is 3.09. The molecule has 1 saturated heterocycles. The molecule has 4 heterocycles. The van der Waals surface area contributed by atoms with Crippen molar-refractivity contribution in [2.45, 2.75) is 19.4 Å². The van der Waals surface area contributed by atoms with E-state index in [2.05, 4.69) is 20.3 Å². The van der Waals surface area contributed by atoms with E-state index in [1.807, 2.05) is 19.1 Å². The number of ether oxygens (including phenoxy) is 3. The van der Waals surface area contributed by atoms with E-state index in [9.17, 15) is 4.79 Å². The fraction of sp³-hybridized carbons (Fsp3) is 0.333. The average molecular weight is 386 g/mol. The van der Waals surface area contributed by atoms with Crippen molar-refractivity contribution in [3.63, 3.8) is 0 Å². The quantitative estimate of drug-likeness (QED) is 0.669. The lowest BCUT2D eigenvalue weighted by Gasteiger charge is -2.15. The van der Waals surface area contributed by atoms with Gasteiger partial charge >= 0.3 is 5.97 Å². The second-order valence-corrected chi connectivity index (χ2v) is 7.03. The number of anilines is 2. The number of carbonyl (C=O) groups excluding carboxylic acids is 1.